The zero-order valence-corrected chi connectivity index (χ0v) is 13.9. The number of rotatable bonds is 5. The molecule has 22 heavy (non-hydrogen) atoms. The molecule has 1 N–H and O–H groups in total. The van der Waals surface area contributed by atoms with Gasteiger partial charge in [0, 0.05) is 21.5 Å². The minimum Gasteiger partial charge on any atom is -0.381 e. The molecule has 0 unspecified atom stereocenters. The normalized spacial score (nSPS) is 16.4. The Bertz CT molecular complexity index is 619. The average Bonchev–Trinajstić information content (AvgIpc) is 2.58. The van der Waals surface area contributed by atoms with Gasteiger partial charge in [-0.1, -0.05) is 60.3 Å². The van der Waals surface area contributed by atoms with E-state index in [1.807, 2.05) is 11.8 Å². The van der Waals surface area contributed by atoms with Gasteiger partial charge in [0.05, 0.1) is 0 Å². The largest absolute Gasteiger partial charge is 0.381 e. The highest BCUT2D eigenvalue weighted by molar-refractivity contribution is 8.03. The summed E-state index contributed by atoms with van der Waals surface area (Å²) in [4.78, 5) is 2.85. The van der Waals surface area contributed by atoms with Crippen molar-refractivity contribution in [2.24, 2.45) is 0 Å². The third-order valence-corrected chi connectivity index (χ3v) is 5.30. The highest BCUT2D eigenvalue weighted by atomic mass is 32.2. The van der Waals surface area contributed by atoms with E-state index in [0.29, 0.717) is 6.04 Å². The van der Waals surface area contributed by atoms with Gasteiger partial charge in [0.2, 0.25) is 0 Å². The smallest absolute Gasteiger partial charge is 0.0482 e. The van der Waals surface area contributed by atoms with Crippen molar-refractivity contribution in [3.05, 3.63) is 76.8 Å². The zero-order valence-electron chi connectivity index (χ0n) is 13.1. The molecule has 0 saturated carbocycles. The molecule has 1 nitrogen and oxygen atoms in total. The Labute approximate surface area is 137 Å². The first kappa shape index (κ1) is 15.2. The quantitative estimate of drug-likeness (QED) is 0.736. The minimum absolute atomic E-state index is 0.362. The van der Waals surface area contributed by atoms with Crippen LogP contribution < -0.4 is 5.32 Å². The molecule has 114 valence electrons. The van der Waals surface area contributed by atoms with Gasteiger partial charge < -0.3 is 5.32 Å². The summed E-state index contributed by atoms with van der Waals surface area (Å²) in [6.45, 7) is 2.25. The van der Waals surface area contributed by atoms with Crippen molar-refractivity contribution in [1.82, 2.24) is 5.32 Å². The Morgan fingerprint density at radius 2 is 1.50 bits per heavy atom. The molecule has 1 aliphatic carbocycles. The van der Waals surface area contributed by atoms with Crippen LogP contribution in [0.4, 0.5) is 0 Å². The van der Waals surface area contributed by atoms with E-state index in [-0.39, 0.29) is 0 Å². The van der Waals surface area contributed by atoms with Crippen molar-refractivity contribution >= 4 is 11.8 Å². The van der Waals surface area contributed by atoms with E-state index in [4.69, 9.17) is 0 Å². The van der Waals surface area contributed by atoms with Crippen LogP contribution in [0, 0.1) is 0 Å². The second-order valence-corrected chi connectivity index (χ2v) is 6.97. The van der Waals surface area contributed by atoms with Crippen LogP contribution in [0.5, 0.6) is 0 Å². The fourth-order valence-electron chi connectivity index (χ4n) is 2.86. The van der Waals surface area contributed by atoms with Crippen LogP contribution in [0.1, 0.15) is 44.2 Å². The zero-order chi connectivity index (χ0) is 15.2. The first-order chi connectivity index (χ1) is 10.8. The number of benzene rings is 2. The SMILES string of the molecule is C[C@@H](NC1=C(Sc2ccccc2)CCCC1)c1ccccc1. The third kappa shape index (κ3) is 3.95. The molecule has 1 aliphatic rings. The molecule has 0 radical (unpaired) electrons. The molecule has 3 rings (SSSR count). The van der Waals surface area contributed by atoms with Gasteiger partial charge in [-0.25, -0.2) is 0 Å². The maximum Gasteiger partial charge on any atom is 0.0482 e. The van der Waals surface area contributed by atoms with Crippen molar-refractivity contribution in [1.29, 1.82) is 0 Å². The number of allylic oxidation sites excluding steroid dienone is 2. The summed E-state index contributed by atoms with van der Waals surface area (Å²) in [6, 6.07) is 21.8. The van der Waals surface area contributed by atoms with Crippen LogP contribution in [-0.2, 0) is 0 Å². The van der Waals surface area contributed by atoms with Crippen LogP contribution in [-0.4, -0.2) is 0 Å². The van der Waals surface area contributed by atoms with E-state index >= 15 is 0 Å². The molecule has 2 aromatic rings. The van der Waals surface area contributed by atoms with Gasteiger partial charge in [-0.2, -0.15) is 0 Å². The van der Waals surface area contributed by atoms with E-state index in [2.05, 4.69) is 72.9 Å². The van der Waals surface area contributed by atoms with Crippen LogP contribution in [0.2, 0.25) is 0 Å². The molecule has 0 heterocycles. The summed E-state index contributed by atoms with van der Waals surface area (Å²) >= 11 is 1.93. The summed E-state index contributed by atoms with van der Waals surface area (Å²) in [5, 5.41) is 3.76. The molecule has 0 saturated heterocycles. The van der Waals surface area contributed by atoms with Gasteiger partial charge >= 0.3 is 0 Å². The molecule has 0 spiro atoms. The number of hydrogen-bond donors (Lipinski definition) is 1. The van der Waals surface area contributed by atoms with E-state index in [0.717, 1.165) is 0 Å². The number of thioether (sulfide) groups is 1. The van der Waals surface area contributed by atoms with E-state index in [1.165, 1.54) is 46.7 Å². The maximum atomic E-state index is 3.76. The first-order valence-corrected chi connectivity index (χ1v) is 8.91. The molecular formula is C20H23NS. The average molecular weight is 309 g/mol. The second kappa shape index (κ2) is 7.55. The Hall–Kier alpha value is -1.67. The molecule has 0 aliphatic heterocycles. The van der Waals surface area contributed by atoms with Gasteiger partial charge in [-0.15, -0.1) is 0 Å². The standard InChI is InChI=1S/C20H23NS/c1-16(17-10-4-2-5-11-17)21-19-14-8-9-15-20(19)22-18-12-6-3-7-13-18/h2-7,10-13,16,21H,8-9,14-15H2,1H3/t16-/m1/s1. The van der Waals surface area contributed by atoms with Crippen LogP contribution in [0.15, 0.2) is 76.2 Å². The van der Waals surface area contributed by atoms with Gasteiger partial charge in [-0.05, 0) is 50.3 Å². The monoisotopic (exact) mass is 309 g/mol. The van der Waals surface area contributed by atoms with Crippen LogP contribution in [0.25, 0.3) is 0 Å². The molecule has 0 aromatic heterocycles. The van der Waals surface area contributed by atoms with Crippen molar-refractivity contribution in [2.45, 2.75) is 43.5 Å². The maximum absolute atomic E-state index is 3.76. The van der Waals surface area contributed by atoms with Crippen molar-refractivity contribution in [3.63, 3.8) is 0 Å². The Kier molecular flexibility index (Phi) is 5.23. The molecule has 0 amide bonds. The number of nitrogens with one attached hydrogen (secondary N) is 1. The van der Waals surface area contributed by atoms with Crippen LogP contribution in [0.3, 0.4) is 0 Å². The third-order valence-electron chi connectivity index (χ3n) is 4.09. The van der Waals surface area contributed by atoms with Gasteiger partial charge in [0.15, 0.2) is 0 Å². The predicted octanol–water partition coefficient (Wildman–Crippen LogP) is 5.92. The van der Waals surface area contributed by atoms with Crippen molar-refractivity contribution in [3.8, 4) is 0 Å². The Balaban J connectivity index is 1.76. The minimum atomic E-state index is 0.362. The fraction of sp³-hybridized carbons (Fsp3) is 0.300. The van der Waals surface area contributed by atoms with E-state index in [1.54, 1.807) is 0 Å². The summed E-state index contributed by atoms with van der Waals surface area (Å²) in [5.41, 5.74) is 2.79. The lowest BCUT2D eigenvalue weighted by atomic mass is 10.0. The van der Waals surface area contributed by atoms with Gasteiger partial charge in [0.25, 0.3) is 0 Å². The van der Waals surface area contributed by atoms with E-state index in [9.17, 15) is 0 Å². The highest BCUT2D eigenvalue weighted by Crippen LogP contribution is 2.37. The Morgan fingerprint density at radius 1 is 0.864 bits per heavy atom. The number of hydrogen-bond acceptors (Lipinski definition) is 2. The molecule has 0 fully saturated rings. The second-order valence-electron chi connectivity index (χ2n) is 5.80. The summed E-state index contributed by atoms with van der Waals surface area (Å²) in [7, 11) is 0. The summed E-state index contributed by atoms with van der Waals surface area (Å²) in [5.74, 6) is 0. The molecule has 2 aromatic carbocycles. The molecule has 2 heteroatoms. The highest BCUT2D eigenvalue weighted by Gasteiger charge is 2.16. The van der Waals surface area contributed by atoms with Gasteiger partial charge in [0.1, 0.15) is 0 Å². The van der Waals surface area contributed by atoms with Crippen molar-refractivity contribution in [2.75, 3.05) is 0 Å². The van der Waals surface area contributed by atoms with Crippen LogP contribution >= 0.6 is 11.8 Å². The summed E-state index contributed by atoms with van der Waals surface area (Å²) < 4.78 is 0. The predicted molar refractivity (Wildman–Crippen MR) is 95.8 cm³/mol. The summed E-state index contributed by atoms with van der Waals surface area (Å²) in [6.07, 6.45) is 4.97. The first-order valence-electron chi connectivity index (χ1n) is 8.09. The molecular weight excluding hydrogens is 286 g/mol. The fourth-order valence-corrected chi connectivity index (χ4v) is 3.97. The van der Waals surface area contributed by atoms with Crippen molar-refractivity contribution < 1.29 is 0 Å². The molecule has 1 atom stereocenters. The lowest BCUT2D eigenvalue weighted by Gasteiger charge is -2.25. The van der Waals surface area contributed by atoms with Gasteiger partial charge in [-0.3, -0.25) is 0 Å². The lowest BCUT2D eigenvalue weighted by molar-refractivity contribution is 0.578. The Morgan fingerprint density at radius 3 is 2.23 bits per heavy atom. The topological polar surface area (TPSA) is 12.0 Å². The lowest BCUT2D eigenvalue weighted by Crippen LogP contribution is -2.21. The molecule has 0 bridgehead atoms. The van der Waals surface area contributed by atoms with E-state index < -0.39 is 0 Å².